The predicted molar refractivity (Wildman–Crippen MR) is 66.1 cm³/mol. The number of carbonyl (C=O) groups is 1. The van der Waals surface area contributed by atoms with Gasteiger partial charge in [-0.3, -0.25) is 4.79 Å². The van der Waals surface area contributed by atoms with Gasteiger partial charge in [0.15, 0.2) is 11.5 Å². The molecule has 2 aromatic rings. The minimum absolute atomic E-state index is 0.0381. The maximum absolute atomic E-state index is 11.5. The number of aromatic nitrogens is 4. The third-order valence-corrected chi connectivity index (χ3v) is 2.26. The van der Waals surface area contributed by atoms with Gasteiger partial charge in [-0.2, -0.15) is 0 Å². The molecule has 11 heteroatoms. The molecule has 2 aromatic heterocycles. The number of nitrogens with one attached hydrogen (secondary N) is 3. The quantitative estimate of drug-likeness (QED) is 0.335. The second kappa shape index (κ2) is 6.26. The van der Waals surface area contributed by atoms with Gasteiger partial charge in [-0.1, -0.05) is 0 Å². The van der Waals surface area contributed by atoms with Crippen LogP contribution in [0.5, 0.6) is 0 Å². The molecule has 0 aliphatic carbocycles. The second-order valence-corrected chi connectivity index (χ2v) is 3.58. The zero-order valence-corrected chi connectivity index (χ0v) is 10.2. The van der Waals surface area contributed by atoms with E-state index in [4.69, 9.17) is 0 Å². The van der Waals surface area contributed by atoms with E-state index in [2.05, 4.69) is 35.4 Å². The van der Waals surface area contributed by atoms with Gasteiger partial charge in [0.25, 0.3) is 5.09 Å². The van der Waals surface area contributed by atoms with E-state index in [1.54, 1.807) is 0 Å². The molecule has 0 aliphatic heterocycles. The largest absolute Gasteiger partial charge is 0.359 e. The fraction of sp³-hybridized carbons (Fsp3) is 0.333. The smallest absolute Gasteiger partial charge is 0.294 e. The van der Waals surface area contributed by atoms with Crippen LogP contribution in [0.4, 0.5) is 5.82 Å². The lowest BCUT2D eigenvalue weighted by molar-refractivity contribution is -0.757. The van der Waals surface area contributed by atoms with Crippen LogP contribution in [0.1, 0.15) is 0 Å². The topological polar surface area (TPSA) is 148 Å². The fourth-order valence-corrected chi connectivity index (χ4v) is 1.44. The van der Waals surface area contributed by atoms with E-state index >= 15 is 0 Å². The summed E-state index contributed by atoms with van der Waals surface area (Å²) in [6, 6.07) is 0. The van der Waals surface area contributed by atoms with Crippen molar-refractivity contribution in [2.45, 2.75) is 0 Å². The molecule has 1 amide bonds. The second-order valence-electron chi connectivity index (χ2n) is 3.58. The first-order valence-corrected chi connectivity index (χ1v) is 5.59. The summed E-state index contributed by atoms with van der Waals surface area (Å²) in [6.45, 7) is -0.189. The van der Waals surface area contributed by atoms with Gasteiger partial charge in [-0.25, -0.2) is 15.0 Å². The van der Waals surface area contributed by atoms with Gasteiger partial charge in [-0.15, -0.1) is 10.1 Å². The van der Waals surface area contributed by atoms with Crippen LogP contribution in [0.15, 0.2) is 12.7 Å². The Kier molecular flexibility index (Phi) is 4.21. The van der Waals surface area contributed by atoms with Crippen molar-refractivity contribution >= 4 is 22.9 Å². The van der Waals surface area contributed by atoms with Crippen LogP contribution < -0.4 is 10.6 Å². The van der Waals surface area contributed by atoms with E-state index < -0.39 is 5.09 Å². The van der Waals surface area contributed by atoms with Gasteiger partial charge in [0.2, 0.25) is 5.91 Å². The average molecular weight is 281 g/mol. The van der Waals surface area contributed by atoms with Gasteiger partial charge < -0.3 is 20.5 Å². The number of anilines is 1. The van der Waals surface area contributed by atoms with Crippen molar-refractivity contribution in [2.75, 3.05) is 25.0 Å². The average Bonchev–Trinajstić information content (AvgIpc) is 2.90. The van der Waals surface area contributed by atoms with Crippen molar-refractivity contribution in [1.29, 1.82) is 0 Å². The number of nitrogens with zero attached hydrogens (tertiary/aromatic N) is 4. The molecule has 0 aliphatic rings. The van der Waals surface area contributed by atoms with E-state index in [-0.39, 0.29) is 25.6 Å². The molecule has 11 nitrogen and oxygen atoms in total. The molecule has 0 atom stereocenters. The Morgan fingerprint density at radius 2 is 2.30 bits per heavy atom. The fourth-order valence-electron chi connectivity index (χ4n) is 1.44. The van der Waals surface area contributed by atoms with E-state index in [9.17, 15) is 14.9 Å². The first-order valence-electron chi connectivity index (χ1n) is 5.59. The SMILES string of the molecule is O=C(CNc1ncnc2nc[nH]c12)NCCO[N+](=O)[O-]. The number of amides is 1. The summed E-state index contributed by atoms with van der Waals surface area (Å²) >= 11 is 0. The summed E-state index contributed by atoms with van der Waals surface area (Å²) in [5, 5.41) is 14.2. The Bertz CT molecular complexity index is 613. The molecular formula is C9H11N7O4. The molecule has 20 heavy (non-hydrogen) atoms. The Morgan fingerprint density at radius 3 is 3.10 bits per heavy atom. The number of imidazole rings is 1. The molecule has 106 valence electrons. The maximum atomic E-state index is 11.5. The summed E-state index contributed by atoms with van der Waals surface area (Å²) in [6.07, 6.45) is 2.80. The van der Waals surface area contributed by atoms with Crippen LogP contribution >= 0.6 is 0 Å². The highest BCUT2D eigenvalue weighted by atomic mass is 16.9. The molecule has 0 radical (unpaired) electrons. The minimum atomic E-state index is -0.916. The van der Waals surface area contributed by atoms with Crippen LogP contribution in [0, 0.1) is 10.1 Å². The van der Waals surface area contributed by atoms with Crippen molar-refractivity contribution < 1.29 is 14.7 Å². The van der Waals surface area contributed by atoms with Gasteiger partial charge >= 0.3 is 0 Å². The van der Waals surface area contributed by atoms with Gasteiger partial charge in [0.1, 0.15) is 18.5 Å². The third kappa shape index (κ3) is 3.51. The lowest BCUT2D eigenvalue weighted by Gasteiger charge is -2.06. The highest BCUT2D eigenvalue weighted by Gasteiger charge is 2.07. The number of fused-ring (bicyclic) bond motifs is 1. The molecule has 2 rings (SSSR count). The summed E-state index contributed by atoms with van der Waals surface area (Å²) < 4.78 is 0. The zero-order chi connectivity index (χ0) is 14.4. The summed E-state index contributed by atoms with van der Waals surface area (Å²) in [5.74, 6) is 0.104. The molecule has 0 aromatic carbocycles. The van der Waals surface area contributed by atoms with Crippen LogP contribution in [0.25, 0.3) is 11.2 Å². The Balaban J connectivity index is 1.78. The first kappa shape index (κ1) is 13.5. The van der Waals surface area contributed by atoms with Crippen molar-refractivity contribution in [1.82, 2.24) is 25.3 Å². The van der Waals surface area contributed by atoms with Crippen molar-refractivity contribution in [2.24, 2.45) is 0 Å². The number of aromatic amines is 1. The molecule has 0 unspecified atom stereocenters. The standard InChI is InChI=1S/C9H11N7O4/c17-6(10-1-2-20-16(18)19)3-11-8-7-9(13-4-12-7)15-5-14-8/h4-5H,1-3H2,(H,10,17)(H2,11,12,13,14,15). The maximum Gasteiger partial charge on any atom is 0.294 e. The minimum Gasteiger partial charge on any atom is -0.359 e. The Labute approximate surface area is 111 Å². The predicted octanol–water partition coefficient (Wildman–Crippen LogP) is -0.911. The van der Waals surface area contributed by atoms with Gasteiger partial charge in [-0.05, 0) is 0 Å². The van der Waals surface area contributed by atoms with Crippen LogP contribution in [-0.2, 0) is 9.63 Å². The van der Waals surface area contributed by atoms with Crippen molar-refractivity contribution in [3.8, 4) is 0 Å². The summed E-state index contributed by atoms with van der Waals surface area (Å²) in [5.41, 5.74) is 1.08. The van der Waals surface area contributed by atoms with Gasteiger partial charge in [0.05, 0.1) is 12.9 Å². The first-order chi connectivity index (χ1) is 9.66. The van der Waals surface area contributed by atoms with Gasteiger partial charge in [0, 0.05) is 6.54 Å². The van der Waals surface area contributed by atoms with Crippen LogP contribution in [0.2, 0.25) is 0 Å². The molecular weight excluding hydrogens is 270 g/mol. The summed E-state index contributed by atoms with van der Waals surface area (Å²) in [7, 11) is 0. The molecule has 0 saturated carbocycles. The number of hydrogen-bond acceptors (Lipinski definition) is 8. The van der Waals surface area contributed by atoms with Crippen molar-refractivity contribution in [3.05, 3.63) is 22.8 Å². The number of carbonyl (C=O) groups excluding carboxylic acids is 1. The number of H-pyrrole nitrogens is 1. The highest BCUT2D eigenvalue weighted by molar-refractivity contribution is 5.86. The Morgan fingerprint density at radius 1 is 1.45 bits per heavy atom. The van der Waals surface area contributed by atoms with Crippen LogP contribution in [0.3, 0.4) is 0 Å². The zero-order valence-electron chi connectivity index (χ0n) is 10.2. The van der Waals surface area contributed by atoms with E-state index in [0.29, 0.717) is 17.0 Å². The van der Waals surface area contributed by atoms with Crippen molar-refractivity contribution in [3.63, 3.8) is 0 Å². The molecule has 0 saturated heterocycles. The lowest BCUT2D eigenvalue weighted by Crippen LogP contribution is -2.33. The summed E-state index contributed by atoms with van der Waals surface area (Å²) in [4.78, 5) is 40.1. The molecule has 2 heterocycles. The highest BCUT2D eigenvalue weighted by Crippen LogP contribution is 2.13. The normalized spacial score (nSPS) is 10.2. The lowest BCUT2D eigenvalue weighted by atomic mass is 10.4. The monoisotopic (exact) mass is 281 g/mol. The van der Waals surface area contributed by atoms with Crippen LogP contribution in [-0.4, -0.2) is 50.6 Å². The van der Waals surface area contributed by atoms with E-state index in [1.165, 1.54) is 12.7 Å². The molecule has 0 bridgehead atoms. The molecule has 3 N–H and O–H groups in total. The molecule has 0 fully saturated rings. The third-order valence-electron chi connectivity index (χ3n) is 2.26. The Hall–Kier alpha value is -2.98. The number of rotatable bonds is 7. The molecule has 0 spiro atoms. The van der Waals surface area contributed by atoms with E-state index in [0.717, 1.165) is 0 Å². The number of hydrogen-bond donors (Lipinski definition) is 3. The van der Waals surface area contributed by atoms with E-state index in [1.807, 2.05) is 0 Å².